The van der Waals surface area contributed by atoms with Crippen LogP contribution in [0.3, 0.4) is 0 Å². The summed E-state index contributed by atoms with van der Waals surface area (Å²) in [5.41, 5.74) is -0.456. The quantitative estimate of drug-likeness (QED) is 0.275. The molecule has 0 aromatic heterocycles. The van der Waals surface area contributed by atoms with Gasteiger partial charge in [-0.2, -0.15) is 8.42 Å². The first-order chi connectivity index (χ1) is 7.21. The molecule has 1 rings (SSSR count). The first-order valence-electron chi connectivity index (χ1n) is 3.94. The molecular weight excluding hydrogens is 263 g/mol. The van der Waals surface area contributed by atoms with Crippen molar-refractivity contribution in [3.8, 4) is 0 Å². The zero-order valence-electron chi connectivity index (χ0n) is 8.74. The van der Waals surface area contributed by atoms with Gasteiger partial charge in [-0.1, -0.05) is 6.42 Å². The second-order valence-electron chi connectivity index (χ2n) is 3.13. The van der Waals surface area contributed by atoms with Crippen LogP contribution < -0.4 is 29.6 Å². The van der Waals surface area contributed by atoms with Crippen LogP contribution in [-0.2, 0) is 19.7 Å². The van der Waals surface area contributed by atoms with Crippen LogP contribution in [0.25, 0.3) is 0 Å². The molecule has 0 amide bonds. The van der Waals surface area contributed by atoms with E-state index in [-0.39, 0.29) is 29.6 Å². The van der Waals surface area contributed by atoms with Crippen molar-refractivity contribution in [3.05, 3.63) is 23.8 Å². The molecular formula is C8H7NaO7S. The van der Waals surface area contributed by atoms with Crippen molar-refractivity contribution in [1.82, 2.24) is 0 Å². The van der Waals surface area contributed by atoms with Crippen LogP contribution >= 0.6 is 0 Å². The maximum atomic E-state index is 11.0. The zero-order chi connectivity index (χ0) is 12.6. The molecule has 88 valence electrons. The zero-order valence-corrected chi connectivity index (χ0v) is 11.6. The van der Waals surface area contributed by atoms with Crippen LogP contribution in [0, 0.1) is 6.08 Å². The minimum atomic E-state index is -4.97. The van der Waals surface area contributed by atoms with Crippen LogP contribution in [0.15, 0.2) is 17.7 Å². The van der Waals surface area contributed by atoms with Gasteiger partial charge < -0.3 is 10.2 Å². The SMILES string of the molecule is O=C(O)C1=C[C-]=CC(C(=O)O)(S(=O)(=O)O)C1.[Na+]. The second kappa shape index (κ2) is 5.32. The largest absolute Gasteiger partial charge is 1.00 e. The van der Waals surface area contributed by atoms with E-state index in [1.807, 2.05) is 0 Å². The fraction of sp³-hybridized carbons (Fsp3) is 0.250. The summed E-state index contributed by atoms with van der Waals surface area (Å²) in [7, 11) is -4.97. The predicted molar refractivity (Wildman–Crippen MR) is 50.1 cm³/mol. The minimum absolute atomic E-state index is 0. The summed E-state index contributed by atoms with van der Waals surface area (Å²) in [6, 6.07) is 0. The van der Waals surface area contributed by atoms with Gasteiger partial charge in [-0.05, 0) is 0 Å². The van der Waals surface area contributed by atoms with Crippen molar-refractivity contribution in [2.24, 2.45) is 0 Å². The fourth-order valence-corrected chi connectivity index (χ4v) is 1.99. The van der Waals surface area contributed by atoms with Gasteiger partial charge in [0.15, 0.2) is 4.75 Å². The monoisotopic (exact) mass is 270 g/mol. The van der Waals surface area contributed by atoms with Crippen LogP contribution in [-0.4, -0.2) is 39.9 Å². The normalized spacial score (nSPS) is 23.5. The van der Waals surface area contributed by atoms with Gasteiger partial charge in [-0.3, -0.25) is 20.2 Å². The Balaban J connectivity index is 0.00000256. The minimum Gasteiger partial charge on any atom is -0.491 e. The molecule has 1 atom stereocenters. The van der Waals surface area contributed by atoms with Crippen molar-refractivity contribution >= 4 is 22.1 Å². The molecule has 0 radical (unpaired) electrons. The molecule has 0 bridgehead atoms. The van der Waals surface area contributed by atoms with E-state index in [0.717, 1.165) is 6.08 Å². The van der Waals surface area contributed by atoms with Crippen molar-refractivity contribution in [3.63, 3.8) is 0 Å². The summed E-state index contributed by atoms with van der Waals surface area (Å²) < 4.78 is 28.2. The van der Waals surface area contributed by atoms with Crippen LogP contribution in [0.5, 0.6) is 0 Å². The molecule has 0 aromatic carbocycles. The number of carbonyl (C=O) groups is 2. The Bertz CT molecular complexity index is 504. The summed E-state index contributed by atoms with van der Waals surface area (Å²) in [5, 5.41) is 17.4. The topological polar surface area (TPSA) is 129 Å². The molecule has 0 saturated heterocycles. The van der Waals surface area contributed by atoms with E-state index in [0.29, 0.717) is 6.08 Å². The number of rotatable bonds is 3. The van der Waals surface area contributed by atoms with Crippen LogP contribution in [0.2, 0.25) is 0 Å². The number of aliphatic carboxylic acids is 2. The number of carboxylic acids is 2. The Morgan fingerprint density at radius 1 is 1.35 bits per heavy atom. The smallest absolute Gasteiger partial charge is 0.491 e. The Kier molecular flexibility index (Phi) is 5.11. The summed E-state index contributed by atoms with van der Waals surface area (Å²) in [5.74, 6) is -3.32. The van der Waals surface area contributed by atoms with Gasteiger partial charge in [0.1, 0.15) is 0 Å². The predicted octanol–water partition coefficient (Wildman–Crippen LogP) is -3.52. The number of allylic oxidation sites excluding steroid dienone is 2. The molecule has 17 heavy (non-hydrogen) atoms. The van der Waals surface area contributed by atoms with Crippen molar-refractivity contribution < 1.29 is 62.3 Å². The second-order valence-corrected chi connectivity index (χ2v) is 4.81. The molecule has 0 saturated carbocycles. The molecule has 1 aliphatic rings. The standard InChI is InChI=1S/C8H7O7S.Na/c9-6(10)5-2-1-3-8(4-5,7(11)12)16(13,14)15;/h2-3H,4H2,(H,9,10)(H,11,12)(H,13,14,15);/q-1;+1. The molecule has 0 aliphatic heterocycles. The summed E-state index contributed by atoms with van der Waals surface area (Å²) >= 11 is 0. The molecule has 0 heterocycles. The average Bonchev–Trinajstić information content (AvgIpc) is 2.15. The Labute approximate surface area is 119 Å². The van der Waals surface area contributed by atoms with Gasteiger partial charge in [-0.15, -0.1) is 11.6 Å². The average molecular weight is 270 g/mol. The van der Waals surface area contributed by atoms with Crippen molar-refractivity contribution in [1.29, 1.82) is 0 Å². The first-order valence-corrected chi connectivity index (χ1v) is 5.38. The molecule has 0 aromatic rings. The molecule has 1 unspecified atom stereocenters. The fourth-order valence-electron chi connectivity index (χ4n) is 1.21. The molecule has 0 fully saturated rings. The Morgan fingerprint density at radius 2 is 1.88 bits per heavy atom. The van der Waals surface area contributed by atoms with Crippen LogP contribution in [0.1, 0.15) is 6.42 Å². The summed E-state index contributed by atoms with van der Waals surface area (Å²) in [6.45, 7) is 0. The van der Waals surface area contributed by atoms with Gasteiger partial charge in [0, 0.05) is 0 Å². The Morgan fingerprint density at radius 3 is 2.24 bits per heavy atom. The number of hydrogen-bond donors (Lipinski definition) is 3. The third-order valence-corrected chi connectivity index (χ3v) is 3.48. The van der Waals surface area contributed by atoms with Gasteiger partial charge in [0.2, 0.25) is 5.97 Å². The van der Waals surface area contributed by atoms with E-state index in [4.69, 9.17) is 14.8 Å². The molecule has 7 nitrogen and oxygen atoms in total. The van der Waals surface area contributed by atoms with E-state index in [9.17, 15) is 18.0 Å². The summed E-state index contributed by atoms with van der Waals surface area (Å²) in [4.78, 5) is 21.5. The van der Waals surface area contributed by atoms with Gasteiger partial charge in [0.25, 0.3) is 10.1 Å². The first kappa shape index (κ1) is 16.3. The van der Waals surface area contributed by atoms with E-state index in [1.54, 1.807) is 0 Å². The maximum Gasteiger partial charge on any atom is 1.00 e. The van der Waals surface area contributed by atoms with E-state index >= 15 is 0 Å². The van der Waals surface area contributed by atoms with E-state index < -0.39 is 38.8 Å². The van der Waals surface area contributed by atoms with Crippen molar-refractivity contribution in [2.75, 3.05) is 0 Å². The third-order valence-electron chi connectivity index (χ3n) is 2.12. The van der Waals surface area contributed by atoms with E-state index in [2.05, 4.69) is 6.08 Å². The molecule has 9 heteroatoms. The molecule has 3 N–H and O–H groups in total. The number of hydrogen-bond acceptors (Lipinski definition) is 4. The Hall–Kier alpha value is -0.670. The third kappa shape index (κ3) is 2.96. The van der Waals surface area contributed by atoms with Crippen LogP contribution in [0.4, 0.5) is 0 Å². The van der Waals surface area contributed by atoms with Gasteiger partial charge in [-0.25, -0.2) is 6.08 Å². The number of carboxylic acid groups (broad SMARTS) is 2. The molecule has 1 aliphatic carbocycles. The summed E-state index contributed by atoms with van der Waals surface area (Å²) in [6.07, 6.45) is 2.84. The van der Waals surface area contributed by atoms with Gasteiger partial charge >= 0.3 is 35.5 Å². The molecule has 0 spiro atoms. The van der Waals surface area contributed by atoms with Crippen molar-refractivity contribution in [2.45, 2.75) is 11.2 Å². The maximum absolute atomic E-state index is 11.0. The van der Waals surface area contributed by atoms with Gasteiger partial charge in [0.05, 0.1) is 0 Å². The van der Waals surface area contributed by atoms with E-state index in [1.165, 1.54) is 0 Å².